The highest BCUT2D eigenvalue weighted by Crippen LogP contribution is 2.22. The van der Waals surface area contributed by atoms with Crippen molar-refractivity contribution in [1.82, 2.24) is 15.2 Å². The van der Waals surface area contributed by atoms with Crippen molar-refractivity contribution in [2.45, 2.75) is 45.2 Å². The summed E-state index contributed by atoms with van der Waals surface area (Å²) >= 11 is 0. The zero-order valence-corrected chi connectivity index (χ0v) is 14.0. The Morgan fingerprint density at radius 2 is 2.05 bits per heavy atom. The SMILES string of the molecule is CCCNC(C)c1ccc(N2CCC(N(C)C)CC2)cn1. The van der Waals surface area contributed by atoms with Crippen LogP contribution in [0.4, 0.5) is 5.69 Å². The lowest BCUT2D eigenvalue weighted by Gasteiger charge is -2.36. The van der Waals surface area contributed by atoms with Crippen LogP contribution < -0.4 is 10.2 Å². The van der Waals surface area contributed by atoms with Gasteiger partial charge in [0.2, 0.25) is 0 Å². The summed E-state index contributed by atoms with van der Waals surface area (Å²) < 4.78 is 0. The first-order valence-corrected chi connectivity index (χ1v) is 8.22. The topological polar surface area (TPSA) is 31.4 Å². The molecule has 0 spiro atoms. The van der Waals surface area contributed by atoms with Crippen LogP contribution in [0.25, 0.3) is 0 Å². The maximum Gasteiger partial charge on any atom is 0.0572 e. The molecule has 21 heavy (non-hydrogen) atoms. The number of hydrogen-bond acceptors (Lipinski definition) is 4. The lowest BCUT2D eigenvalue weighted by atomic mass is 10.0. The monoisotopic (exact) mass is 290 g/mol. The van der Waals surface area contributed by atoms with Crippen LogP contribution in [0.5, 0.6) is 0 Å². The molecule has 1 unspecified atom stereocenters. The first kappa shape index (κ1) is 16.2. The van der Waals surface area contributed by atoms with Gasteiger partial charge in [-0.25, -0.2) is 0 Å². The lowest BCUT2D eigenvalue weighted by molar-refractivity contribution is 0.249. The van der Waals surface area contributed by atoms with E-state index in [-0.39, 0.29) is 0 Å². The van der Waals surface area contributed by atoms with Crippen LogP contribution in [0.3, 0.4) is 0 Å². The Bertz CT molecular complexity index is 407. The summed E-state index contributed by atoms with van der Waals surface area (Å²) in [4.78, 5) is 9.45. The summed E-state index contributed by atoms with van der Waals surface area (Å²) in [6.07, 6.45) is 5.67. The van der Waals surface area contributed by atoms with Gasteiger partial charge in [0.05, 0.1) is 17.6 Å². The third-order valence-corrected chi connectivity index (χ3v) is 4.47. The van der Waals surface area contributed by atoms with Crippen molar-refractivity contribution in [3.8, 4) is 0 Å². The number of hydrogen-bond donors (Lipinski definition) is 1. The van der Waals surface area contributed by atoms with Gasteiger partial charge in [-0.2, -0.15) is 0 Å². The molecule has 4 nitrogen and oxygen atoms in total. The number of pyridine rings is 1. The van der Waals surface area contributed by atoms with Crippen LogP contribution >= 0.6 is 0 Å². The summed E-state index contributed by atoms with van der Waals surface area (Å²) in [7, 11) is 4.36. The zero-order chi connectivity index (χ0) is 15.2. The van der Waals surface area contributed by atoms with E-state index in [1.807, 2.05) is 6.20 Å². The molecule has 1 aromatic heterocycles. The quantitative estimate of drug-likeness (QED) is 0.873. The molecule has 1 aliphatic heterocycles. The molecule has 1 fully saturated rings. The molecule has 1 N–H and O–H groups in total. The number of anilines is 1. The van der Waals surface area contributed by atoms with Crippen LogP contribution in [0.1, 0.15) is 44.8 Å². The minimum atomic E-state index is 0.332. The number of nitrogens with zero attached hydrogens (tertiary/aromatic N) is 3. The molecule has 0 radical (unpaired) electrons. The fourth-order valence-corrected chi connectivity index (χ4v) is 2.95. The zero-order valence-electron chi connectivity index (χ0n) is 14.0. The molecule has 0 bridgehead atoms. The maximum absolute atomic E-state index is 4.65. The van der Waals surface area contributed by atoms with Crippen LogP contribution in [0.15, 0.2) is 18.3 Å². The molecule has 0 saturated carbocycles. The van der Waals surface area contributed by atoms with Gasteiger partial charge < -0.3 is 15.1 Å². The summed E-state index contributed by atoms with van der Waals surface area (Å²) in [5, 5.41) is 3.48. The molecule has 2 rings (SSSR count). The Labute approximate surface area is 129 Å². The summed E-state index contributed by atoms with van der Waals surface area (Å²) in [6, 6.07) is 5.45. The number of nitrogens with one attached hydrogen (secondary N) is 1. The highest BCUT2D eigenvalue weighted by molar-refractivity contribution is 5.45. The second-order valence-electron chi connectivity index (χ2n) is 6.30. The average Bonchev–Trinajstić information content (AvgIpc) is 2.53. The van der Waals surface area contributed by atoms with Crippen molar-refractivity contribution < 1.29 is 0 Å². The fraction of sp³-hybridized carbons (Fsp3) is 0.706. The summed E-state index contributed by atoms with van der Waals surface area (Å²) in [6.45, 7) is 7.68. The smallest absolute Gasteiger partial charge is 0.0572 e. The number of rotatable bonds is 6. The summed E-state index contributed by atoms with van der Waals surface area (Å²) in [5.74, 6) is 0. The van der Waals surface area contributed by atoms with Gasteiger partial charge in [0.1, 0.15) is 0 Å². The van der Waals surface area contributed by atoms with Crippen molar-refractivity contribution in [1.29, 1.82) is 0 Å². The number of piperidine rings is 1. The molecule has 2 heterocycles. The highest BCUT2D eigenvalue weighted by Gasteiger charge is 2.21. The minimum absolute atomic E-state index is 0.332. The standard InChI is InChI=1S/C17H30N4/c1-5-10-18-14(2)17-7-6-16(13-19-17)21-11-8-15(9-12-21)20(3)4/h6-7,13-15,18H,5,8-12H2,1-4H3. The van der Waals surface area contributed by atoms with E-state index in [0.717, 1.165) is 37.8 Å². The third kappa shape index (κ3) is 4.42. The van der Waals surface area contributed by atoms with E-state index >= 15 is 0 Å². The Morgan fingerprint density at radius 1 is 1.33 bits per heavy atom. The van der Waals surface area contributed by atoms with Gasteiger partial charge in [0.15, 0.2) is 0 Å². The summed E-state index contributed by atoms with van der Waals surface area (Å²) in [5.41, 5.74) is 2.40. The van der Waals surface area contributed by atoms with Gasteiger partial charge >= 0.3 is 0 Å². The molecule has 1 aromatic rings. The van der Waals surface area contributed by atoms with Gasteiger partial charge in [-0.3, -0.25) is 4.98 Å². The molecule has 0 amide bonds. The van der Waals surface area contributed by atoms with E-state index in [1.165, 1.54) is 18.5 Å². The van der Waals surface area contributed by atoms with E-state index in [2.05, 4.69) is 60.2 Å². The van der Waals surface area contributed by atoms with Crippen LogP contribution in [-0.2, 0) is 0 Å². The Hall–Kier alpha value is -1.13. The van der Waals surface area contributed by atoms with Gasteiger partial charge in [-0.05, 0) is 59.0 Å². The second kappa shape index (κ2) is 7.76. The van der Waals surface area contributed by atoms with Gasteiger partial charge in [-0.1, -0.05) is 6.92 Å². The van der Waals surface area contributed by atoms with Crippen LogP contribution in [-0.4, -0.2) is 49.7 Å². The molecule has 1 aliphatic rings. The van der Waals surface area contributed by atoms with Crippen molar-refractivity contribution in [2.75, 3.05) is 38.6 Å². The van der Waals surface area contributed by atoms with Gasteiger partial charge in [-0.15, -0.1) is 0 Å². The molecule has 0 aromatic carbocycles. The number of aromatic nitrogens is 1. The fourth-order valence-electron chi connectivity index (χ4n) is 2.95. The lowest BCUT2D eigenvalue weighted by Crippen LogP contribution is -2.42. The molecule has 1 atom stereocenters. The van der Waals surface area contributed by atoms with Crippen LogP contribution in [0, 0.1) is 0 Å². The molecule has 0 aliphatic carbocycles. The van der Waals surface area contributed by atoms with E-state index in [0.29, 0.717) is 6.04 Å². The van der Waals surface area contributed by atoms with Gasteiger partial charge in [0, 0.05) is 25.2 Å². The predicted molar refractivity (Wildman–Crippen MR) is 89.9 cm³/mol. The Kier molecular flexibility index (Phi) is 6.00. The molecule has 1 saturated heterocycles. The van der Waals surface area contributed by atoms with E-state index < -0.39 is 0 Å². The molecular formula is C17H30N4. The average molecular weight is 290 g/mol. The predicted octanol–water partition coefficient (Wildman–Crippen LogP) is 2.67. The van der Waals surface area contributed by atoms with E-state index in [1.54, 1.807) is 0 Å². The van der Waals surface area contributed by atoms with Crippen molar-refractivity contribution >= 4 is 5.69 Å². The first-order valence-electron chi connectivity index (χ1n) is 8.22. The second-order valence-corrected chi connectivity index (χ2v) is 6.30. The normalized spacial score (nSPS) is 18.2. The van der Waals surface area contributed by atoms with Gasteiger partial charge in [0.25, 0.3) is 0 Å². The van der Waals surface area contributed by atoms with Crippen molar-refractivity contribution in [2.24, 2.45) is 0 Å². The van der Waals surface area contributed by atoms with Crippen molar-refractivity contribution in [3.63, 3.8) is 0 Å². The molecule has 118 valence electrons. The Morgan fingerprint density at radius 3 is 2.57 bits per heavy atom. The first-order chi connectivity index (χ1) is 10.1. The highest BCUT2D eigenvalue weighted by atomic mass is 15.2. The molecular weight excluding hydrogens is 260 g/mol. The Balaban J connectivity index is 1.91. The largest absolute Gasteiger partial charge is 0.370 e. The maximum atomic E-state index is 4.65. The molecule has 4 heteroatoms. The minimum Gasteiger partial charge on any atom is -0.370 e. The third-order valence-electron chi connectivity index (χ3n) is 4.47. The van der Waals surface area contributed by atoms with Crippen molar-refractivity contribution in [3.05, 3.63) is 24.0 Å². The van der Waals surface area contributed by atoms with Crippen LogP contribution in [0.2, 0.25) is 0 Å². The van der Waals surface area contributed by atoms with E-state index in [4.69, 9.17) is 0 Å². The van der Waals surface area contributed by atoms with E-state index in [9.17, 15) is 0 Å².